The average Bonchev–Trinajstić information content (AvgIpc) is 1.58. The molecule has 135 heavy (non-hydrogen) atoms. The molecular formula is C114H89F6N3O8P2S2. The third kappa shape index (κ3) is 12.3. The highest BCUT2D eigenvalue weighted by molar-refractivity contribution is 7.97. The zero-order valence-electron chi connectivity index (χ0n) is 75.4. The van der Waals surface area contributed by atoms with Crippen LogP contribution >= 0.6 is 15.3 Å². The summed E-state index contributed by atoms with van der Waals surface area (Å²) in [5.74, 6) is -1.25. The van der Waals surface area contributed by atoms with Crippen molar-refractivity contribution in [1.29, 1.82) is 0 Å². The number of alkyl halides is 6. The van der Waals surface area contributed by atoms with E-state index >= 15 is 43.2 Å². The normalized spacial score (nSPS) is 16.1. The van der Waals surface area contributed by atoms with E-state index in [1.165, 1.54) is 111 Å². The van der Waals surface area contributed by atoms with E-state index in [0.717, 1.165) is 66.8 Å². The van der Waals surface area contributed by atoms with E-state index in [2.05, 4.69) is 108 Å². The molecule has 0 spiro atoms. The fourth-order valence-electron chi connectivity index (χ4n) is 25.5. The smallest absolute Gasteiger partial charge is 0.417 e. The summed E-state index contributed by atoms with van der Waals surface area (Å²) in [6, 6.07) is 62.4. The first-order valence-electron chi connectivity index (χ1n) is 46.7. The topological polar surface area (TPSA) is 142 Å². The van der Waals surface area contributed by atoms with Gasteiger partial charge in [-0.05, 0) is 426 Å². The first kappa shape index (κ1) is 83.3. The molecule has 2 heterocycles. The van der Waals surface area contributed by atoms with Crippen molar-refractivity contribution in [3.63, 3.8) is 0 Å². The standard InChI is InChI=1S/C114H89F6N3O8P2S2/c1-57-41-58(2)82-34-26-70-46-77(45-69-25-33-81(57)101(82)97(69)70)93-53-65-17-9-13-21-89(65)105-106-90-22-14-10-18-66(90)54-94(78-47-71-27-35-83-59(3)42-60(4)84-36-28-72(48-78)98(71)102(83)84)110(106)129-132(128-109(93)105,122-134(124,125)113(115,116)117)121-133(123-135(126,127)114(118,119)120)130-111-95(79-49-73-29-37-85-61(5)43-62(6)86-38-30-74(50-79)99(73)103(85)86)55-67-19-11-15-23-91(67)107(111)108-92-24-16-12-20-68(92)56-96(112(108)131-133)80-51-75-31-39-87-63(7)44-64(8)88-40-32-76(52-80)100(75)104(87)88/h9-24,41-56,122H,25-40H2,1-8H3. The Morgan fingerprint density at radius 2 is 0.496 bits per heavy atom. The minimum atomic E-state index is -7.20. The predicted octanol–water partition coefficient (Wildman–Crippen LogP) is 29.6. The Morgan fingerprint density at radius 1 is 0.274 bits per heavy atom. The van der Waals surface area contributed by atoms with Gasteiger partial charge in [-0.1, -0.05) is 174 Å². The van der Waals surface area contributed by atoms with Crippen molar-refractivity contribution in [2.75, 3.05) is 0 Å². The summed E-state index contributed by atoms with van der Waals surface area (Å²) in [5, 5.41) is 4.16. The van der Waals surface area contributed by atoms with E-state index in [1.54, 1.807) is 12.1 Å². The van der Waals surface area contributed by atoms with Crippen molar-refractivity contribution in [3.8, 4) is 134 Å². The second-order valence-corrected chi connectivity index (χ2v) is 46.7. The van der Waals surface area contributed by atoms with Crippen LogP contribution in [0.15, 0.2) is 203 Å². The summed E-state index contributed by atoms with van der Waals surface area (Å²) < 4.78 is 210. The highest BCUT2D eigenvalue weighted by Gasteiger charge is 2.57. The number of sulfonamides is 2. The predicted molar refractivity (Wildman–Crippen MR) is 529 cm³/mol. The van der Waals surface area contributed by atoms with Gasteiger partial charge in [0, 0.05) is 44.5 Å². The quantitative estimate of drug-likeness (QED) is 0.117. The molecule has 0 amide bonds. The molecule has 0 saturated carbocycles. The van der Waals surface area contributed by atoms with E-state index in [1.807, 2.05) is 138 Å². The van der Waals surface area contributed by atoms with Crippen LogP contribution in [0.3, 0.4) is 0 Å². The van der Waals surface area contributed by atoms with Crippen molar-refractivity contribution in [2.45, 2.75) is 169 Å². The maximum atomic E-state index is 17.2. The van der Waals surface area contributed by atoms with Gasteiger partial charge >= 0.3 is 46.4 Å². The van der Waals surface area contributed by atoms with Crippen LogP contribution in [-0.2, 0) is 123 Å². The summed E-state index contributed by atoms with van der Waals surface area (Å²) in [7, 11) is -27.4. The number of fused-ring (bicyclic) bond motifs is 14. The maximum absolute atomic E-state index is 17.2. The summed E-state index contributed by atoms with van der Waals surface area (Å²) in [4.78, 5) is 0. The molecule has 21 heteroatoms. The number of hydrogen-bond acceptors (Lipinski definition) is 8. The first-order valence-corrected chi connectivity index (χ1v) is 52.7. The molecule has 26 rings (SSSR count). The van der Waals surface area contributed by atoms with E-state index in [9.17, 15) is 0 Å². The van der Waals surface area contributed by atoms with E-state index < -0.39 is 46.4 Å². The Morgan fingerprint density at radius 3 is 0.719 bits per heavy atom. The Kier molecular flexibility index (Phi) is 18.0. The Labute approximate surface area is 778 Å². The molecule has 2 aliphatic heterocycles. The molecule has 0 radical (unpaired) electrons. The van der Waals surface area contributed by atoms with Crippen molar-refractivity contribution >= 4 is 78.5 Å². The van der Waals surface area contributed by atoms with Crippen LogP contribution < -0.4 is 22.6 Å². The lowest BCUT2D eigenvalue weighted by molar-refractivity contribution is -0.0445. The summed E-state index contributed by atoms with van der Waals surface area (Å²) in [6.07, 6.45) is 10.0. The van der Waals surface area contributed by atoms with Gasteiger partial charge in [-0.3, -0.25) is 0 Å². The number of aryl methyl sites for hydroxylation is 16. The number of halogens is 6. The molecule has 0 aromatic heterocycles. The molecule has 8 aliphatic carbocycles. The second kappa shape index (κ2) is 29.1. The van der Waals surface area contributed by atoms with Crippen LogP contribution in [0.4, 0.5) is 26.3 Å². The molecule has 10 aliphatic rings. The average molecular weight is 1870 g/mol. The molecule has 0 fully saturated rings. The van der Waals surface area contributed by atoms with Gasteiger partial charge in [0.25, 0.3) is 0 Å². The van der Waals surface area contributed by atoms with Crippen molar-refractivity contribution in [2.24, 2.45) is 8.67 Å². The monoisotopic (exact) mass is 1870 g/mol. The van der Waals surface area contributed by atoms with Crippen LogP contribution in [0, 0.1) is 55.4 Å². The third-order valence-corrected chi connectivity index (χ3v) is 39.5. The van der Waals surface area contributed by atoms with Crippen LogP contribution in [0.2, 0.25) is 0 Å². The number of nitrogens with zero attached hydrogens (tertiary/aromatic N) is 2. The highest BCUT2D eigenvalue weighted by Crippen LogP contribution is 2.74. The van der Waals surface area contributed by atoms with Gasteiger partial charge in [0.05, 0.1) is 0 Å². The summed E-state index contributed by atoms with van der Waals surface area (Å²) in [5.41, 5.74) is 26.9. The largest absolute Gasteiger partial charge is 0.518 e. The maximum Gasteiger partial charge on any atom is 0.518 e. The summed E-state index contributed by atoms with van der Waals surface area (Å²) in [6.45, 7) is 17.1. The molecule has 16 aromatic rings. The van der Waals surface area contributed by atoms with Gasteiger partial charge in [0.15, 0.2) is 0 Å². The zero-order chi connectivity index (χ0) is 92.2. The van der Waals surface area contributed by atoms with Crippen LogP contribution in [-0.4, -0.2) is 27.9 Å². The second-order valence-electron chi connectivity index (χ2n) is 39.0. The van der Waals surface area contributed by atoms with E-state index in [4.69, 9.17) is 22.6 Å². The van der Waals surface area contributed by atoms with Gasteiger partial charge in [0.1, 0.15) is 23.0 Å². The minimum Gasteiger partial charge on any atom is -0.417 e. The molecule has 0 atom stereocenters. The molecule has 0 unspecified atom stereocenters. The van der Waals surface area contributed by atoms with Crippen LogP contribution in [0.5, 0.6) is 23.0 Å². The minimum absolute atomic E-state index is 0.180. The van der Waals surface area contributed by atoms with Gasteiger partial charge < -0.3 is 18.1 Å². The van der Waals surface area contributed by atoms with Crippen LogP contribution in [0.25, 0.3) is 154 Å². The molecule has 672 valence electrons. The SMILES string of the molecule is Cc1cc(C)c2c3c1CCc1cc(-c4cc5ccccc5c5c4OP(=NS(=O)(=O)C(F)(F)F)(N=P4(NS(=O)(=O)C(F)(F)F)Oc6c(-c7cc8c9c(c7)CCc7c(C)cc(C)c(c7-9)CC8)cc7ccccc7c6-c6c(c(-c7cc8c9c(c7)CCc7c(C)cc(C)c(c7-9)CC8)cc7ccccc67)O4)Oc4c(-c6cc7c8c(c6)CCc6c(C)cc(C)c(c6-8)CC7)cc6ccccc6c4-5)cc(c1-3)CC2. The zero-order valence-corrected chi connectivity index (χ0v) is 78.8. The fraction of sp³-hybridized carbons (Fsp3) is 0.228. The van der Waals surface area contributed by atoms with E-state index in [0.29, 0.717) is 168 Å². The molecule has 0 bridgehead atoms. The number of rotatable bonds is 8. The molecular weight excluding hydrogens is 1780 g/mol. The van der Waals surface area contributed by atoms with Crippen molar-refractivity contribution in [3.05, 3.63) is 328 Å². The molecule has 1 N–H and O–H groups in total. The lowest BCUT2D eigenvalue weighted by atomic mass is 9.72. The number of hydrogen-bond donors (Lipinski definition) is 1. The van der Waals surface area contributed by atoms with Gasteiger partial charge in [-0.25, -0.2) is 8.42 Å². The molecule has 16 aromatic carbocycles. The summed E-state index contributed by atoms with van der Waals surface area (Å²) >= 11 is 0. The Hall–Kier alpha value is -12.3. The first-order chi connectivity index (χ1) is 64.8. The fourth-order valence-corrected chi connectivity index (χ4v) is 33.6. The number of benzene rings is 16. The van der Waals surface area contributed by atoms with Crippen LogP contribution in [0.1, 0.15) is 134 Å². The third-order valence-electron chi connectivity index (χ3n) is 31.2. The molecule has 11 nitrogen and oxygen atoms in total. The number of nitrogens with one attached hydrogen (secondary N) is 1. The lowest BCUT2D eigenvalue weighted by Crippen LogP contribution is -2.37. The van der Waals surface area contributed by atoms with Gasteiger partial charge in [-0.2, -0.15) is 34.8 Å². The van der Waals surface area contributed by atoms with Gasteiger partial charge in [-0.15, -0.1) is 9.01 Å². The van der Waals surface area contributed by atoms with Gasteiger partial charge in [0.2, 0.25) is 0 Å². The van der Waals surface area contributed by atoms with E-state index in [-0.39, 0.29) is 67.5 Å². The highest BCUT2D eigenvalue weighted by atomic mass is 32.2. The molecule has 0 saturated heterocycles. The van der Waals surface area contributed by atoms with Crippen molar-refractivity contribution < 1.29 is 61.3 Å². The van der Waals surface area contributed by atoms with Crippen molar-refractivity contribution in [1.82, 2.24) is 4.49 Å². The Balaban J connectivity index is 0.836. The lowest BCUT2D eigenvalue weighted by Gasteiger charge is -2.33. The Bertz CT molecular complexity index is 8030.